The van der Waals surface area contributed by atoms with Gasteiger partial charge >= 0.3 is 0 Å². The Labute approximate surface area is 104 Å². The Kier molecular flexibility index (Phi) is 4.94. The third kappa shape index (κ3) is 3.70. The van der Waals surface area contributed by atoms with Crippen LogP contribution in [0.15, 0.2) is 18.2 Å². The van der Waals surface area contributed by atoms with Crippen LogP contribution in [0.5, 0.6) is 0 Å². The Hall–Kier alpha value is -1.09. The number of nitrogens with two attached hydrogens (primary N) is 1. The van der Waals surface area contributed by atoms with E-state index in [1.165, 1.54) is 6.07 Å². The van der Waals surface area contributed by atoms with E-state index in [-0.39, 0.29) is 11.9 Å². The van der Waals surface area contributed by atoms with Crippen LogP contribution >= 0.6 is 0 Å². The molecule has 0 amide bonds. The minimum Gasteiger partial charge on any atom is -0.374 e. The number of nitrogens with zero attached hydrogens (tertiary/aromatic N) is 1. The van der Waals surface area contributed by atoms with E-state index in [0.29, 0.717) is 11.5 Å². The quantitative estimate of drug-likeness (QED) is 0.852. The molecule has 96 valence electrons. The van der Waals surface area contributed by atoms with E-state index in [0.717, 1.165) is 18.7 Å². The lowest BCUT2D eigenvalue weighted by Crippen LogP contribution is -2.23. The molecule has 1 rings (SSSR count). The Bertz CT molecular complexity index is 361. The van der Waals surface area contributed by atoms with Crippen LogP contribution in [0.25, 0.3) is 0 Å². The van der Waals surface area contributed by atoms with Gasteiger partial charge in [0.1, 0.15) is 5.82 Å². The number of hydrogen-bond acceptors (Lipinski definition) is 2. The van der Waals surface area contributed by atoms with Crippen molar-refractivity contribution in [3.63, 3.8) is 0 Å². The van der Waals surface area contributed by atoms with Gasteiger partial charge in [0.2, 0.25) is 0 Å². The molecule has 0 aliphatic rings. The molecule has 0 aliphatic carbocycles. The monoisotopic (exact) mass is 238 g/mol. The van der Waals surface area contributed by atoms with Crippen molar-refractivity contribution >= 4 is 5.69 Å². The topological polar surface area (TPSA) is 29.3 Å². The zero-order chi connectivity index (χ0) is 13.0. The fourth-order valence-electron chi connectivity index (χ4n) is 1.88. The van der Waals surface area contributed by atoms with Gasteiger partial charge in [0.15, 0.2) is 0 Å². The van der Waals surface area contributed by atoms with Gasteiger partial charge in [-0.25, -0.2) is 4.39 Å². The van der Waals surface area contributed by atoms with Gasteiger partial charge in [-0.2, -0.15) is 0 Å². The van der Waals surface area contributed by atoms with Crippen LogP contribution in [0.1, 0.15) is 38.8 Å². The molecule has 0 saturated heterocycles. The minimum absolute atomic E-state index is 0.214. The van der Waals surface area contributed by atoms with Gasteiger partial charge in [0, 0.05) is 30.9 Å². The molecule has 0 fully saturated rings. The van der Waals surface area contributed by atoms with Crippen LogP contribution in [0, 0.1) is 11.7 Å². The van der Waals surface area contributed by atoms with Crippen LogP contribution in [0.2, 0.25) is 0 Å². The second kappa shape index (κ2) is 6.01. The summed E-state index contributed by atoms with van der Waals surface area (Å²) in [5.74, 6) is 0.429. The normalized spacial score (nSPS) is 12.9. The van der Waals surface area contributed by atoms with Crippen molar-refractivity contribution in [3.8, 4) is 0 Å². The SMILES string of the molecule is CC(C)CCN(C)c1cccc(F)c1[C@@H](C)N. The largest absolute Gasteiger partial charge is 0.374 e. The molecular formula is C14H23FN2. The third-order valence-electron chi connectivity index (χ3n) is 2.94. The zero-order valence-corrected chi connectivity index (χ0v) is 11.2. The van der Waals surface area contributed by atoms with Gasteiger partial charge in [0.25, 0.3) is 0 Å². The van der Waals surface area contributed by atoms with Gasteiger partial charge in [-0.05, 0) is 31.4 Å². The van der Waals surface area contributed by atoms with E-state index >= 15 is 0 Å². The Morgan fingerprint density at radius 1 is 1.29 bits per heavy atom. The number of anilines is 1. The lowest BCUT2D eigenvalue weighted by Gasteiger charge is -2.25. The molecule has 1 atom stereocenters. The summed E-state index contributed by atoms with van der Waals surface area (Å²) in [5, 5.41) is 0. The maximum absolute atomic E-state index is 13.8. The second-order valence-corrected chi connectivity index (χ2v) is 5.07. The van der Waals surface area contributed by atoms with Gasteiger partial charge in [-0.15, -0.1) is 0 Å². The highest BCUT2D eigenvalue weighted by atomic mass is 19.1. The van der Waals surface area contributed by atoms with Gasteiger partial charge < -0.3 is 10.6 Å². The summed E-state index contributed by atoms with van der Waals surface area (Å²) in [4.78, 5) is 2.09. The Balaban J connectivity index is 2.92. The van der Waals surface area contributed by atoms with Crippen molar-refractivity contribution in [2.24, 2.45) is 11.7 Å². The summed E-state index contributed by atoms with van der Waals surface area (Å²) in [6.07, 6.45) is 1.09. The number of benzene rings is 1. The van der Waals surface area contributed by atoms with Crippen molar-refractivity contribution in [3.05, 3.63) is 29.6 Å². The molecule has 0 spiro atoms. The summed E-state index contributed by atoms with van der Waals surface area (Å²) < 4.78 is 13.8. The van der Waals surface area contributed by atoms with Crippen LogP contribution in [-0.2, 0) is 0 Å². The predicted octanol–water partition coefficient (Wildman–Crippen LogP) is 3.33. The smallest absolute Gasteiger partial charge is 0.130 e. The maximum Gasteiger partial charge on any atom is 0.130 e. The van der Waals surface area contributed by atoms with E-state index in [1.807, 2.05) is 20.0 Å². The first-order valence-electron chi connectivity index (χ1n) is 6.18. The van der Waals surface area contributed by atoms with Gasteiger partial charge in [-0.1, -0.05) is 19.9 Å². The van der Waals surface area contributed by atoms with Crippen LogP contribution in [-0.4, -0.2) is 13.6 Å². The highest BCUT2D eigenvalue weighted by Gasteiger charge is 2.15. The lowest BCUT2D eigenvalue weighted by molar-refractivity contribution is 0.575. The molecule has 2 N–H and O–H groups in total. The van der Waals surface area contributed by atoms with Crippen molar-refractivity contribution in [1.29, 1.82) is 0 Å². The molecule has 2 nitrogen and oxygen atoms in total. The first-order chi connectivity index (χ1) is 7.93. The Morgan fingerprint density at radius 3 is 2.47 bits per heavy atom. The summed E-state index contributed by atoms with van der Waals surface area (Å²) in [5.41, 5.74) is 7.36. The molecule has 0 saturated carbocycles. The summed E-state index contributed by atoms with van der Waals surface area (Å²) in [6.45, 7) is 7.11. The molecule has 17 heavy (non-hydrogen) atoms. The zero-order valence-electron chi connectivity index (χ0n) is 11.2. The van der Waals surface area contributed by atoms with Crippen molar-refractivity contribution in [1.82, 2.24) is 0 Å². The molecule has 0 aliphatic heterocycles. The first kappa shape index (κ1) is 14.0. The Morgan fingerprint density at radius 2 is 1.94 bits per heavy atom. The van der Waals surface area contributed by atoms with Crippen LogP contribution < -0.4 is 10.6 Å². The predicted molar refractivity (Wildman–Crippen MR) is 71.7 cm³/mol. The van der Waals surface area contributed by atoms with Gasteiger partial charge in [0.05, 0.1) is 0 Å². The molecule has 0 bridgehead atoms. The van der Waals surface area contributed by atoms with E-state index in [2.05, 4.69) is 18.7 Å². The molecule has 1 aromatic carbocycles. The summed E-state index contributed by atoms with van der Waals surface area (Å²) in [6, 6.07) is 4.86. The highest BCUT2D eigenvalue weighted by molar-refractivity contribution is 5.54. The highest BCUT2D eigenvalue weighted by Crippen LogP contribution is 2.27. The fraction of sp³-hybridized carbons (Fsp3) is 0.571. The van der Waals surface area contributed by atoms with Crippen molar-refractivity contribution < 1.29 is 4.39 Å². The standard InChI is InChI=1S/C14H23FN2/c1-10(2)8-9-17(4)13-7-5-6-12(15)14(13)11(3)16/h5-7,10-11H,8-9,16H2,1-4H3/t11-/m1/s1. The second-order valence-electron chi connectivity index (χ2n) is 5.07. The molecule has 1 aromatic rings. The van der Waals surface area contributed by atoms with Crippen LogP contribution in [0.4, 0.5) is 10.1 Å². The summed E-state index contributed by atoms with van der Waals surface area (Å²) in [7, 11) is 1.99. The van der Waals surface area contributed by atoms with Crippen LogP contribution in [0.3, 0.4) is 0 Å². The molecule has 0 radical (unpaired) electrons. The van der Waals surface area contributed by atoms with E-state index in [9.17, 15) is 4.39 Å². The first-order valence-corrected chi connectivity index (χ1v) is 6.18. The van der Waals surface area contributed by atoms with Crippen molar-refractivity contribution in [2.45, 2.75) is 33.2 Å². The third-order valence-corrected chi connectivity index (χ3v) is 2.94. The summed E-state index contributed by atoms with van der Waals surface area (Å²) >= 11 is 0. The van der Waals surface area contributed by atoms with Gasteiger partial charge in [-0.3, -0.25) is 0 Å². The minimum atomic E-state index is -0.285. The molecule has 0 heterocycles. The molecule has 3 heteroatoms. The fourth-order valence-corrected chi connectivity index (χ4v) is 1.88. The average Bonchev–Trinajstić information content (AvgIpc) is 2.24. The number of rotatable bonds is 5. The van der Waals surface area contributed by atoms with Crippen molar-refractivity contribution in [2.75, 3.05) is 18.5 Å². The average molecular weight is 238 g/mol. The maximum atomic E-state index is 13.8. The molecule has 0 unspecified atom stereocenters. The molecular weight excluding hydrogens is 215 g/mol. The molecule has 0 aromatic heterocycles. The van der Waals surface area contributed by atoms with E-state index < -0.39 is 0 Å². The number of halogens is 1. The lowest BCUT2D eigenvalue weighted by atomic mass is 10.0. The number of hydrogen-bond donors (Lipinski definition) is 1. The van der Waals surface area contributed by atoms with E-state index in [1.54, 1.807) is 6.07 Å². The van der Waals surface area contributed by atoms with E-state index in [4.69, 9.17) is 5.73 Å².